The van der Waals surface area contributed by atoms with E-state index in [2.05, 4.69) is 16.8 Å². The summed E-state index contributed by atoms with van der Waals surface area (Å²) in [6, 6.07) is 0.653. The highest BCUT2D eigenvalue weighted by Gasteiger charge is 2.37. The zero-order valence-electron chi connectivity index (χ0n) is 12.6. The summed E-state index contributed by atoms with van der Waals surface area (Å²) in [6.07, 6.45) is 6.11. The van der Waals surface area contributed by atoms with Gasteiger partial charge in [-0.25, -0.2) is 0 Å². The highest BCUT2D eigenvalue weighted by atomic mass is 16.2. The molecule has 4 heteroatoms. The molecule has 1 saturated heterocycles. The van der Waals surface area contributed by atoms with E-state index in [0.29, 0.717) is 12.1 Å². The fourth-order valence-corrected chi connectivity index (χ4v) is 2.88. The van der Waals surface area contributed by atoms with Crippen LogP contribution >= 0.6 is 0 Å². The lowest BCUT2D eigenvalue weighted by atomic mass is 10.0. The number of nitrogens with zero attached hydrogens (tertiary/aromatic N) is 2. The Kier molecular flexibility index (Phi) is 4.85. The van der Waals surface area contributed by atoms with E-state index in [1.54, 1.807) is 0 Å². The van der Waals surface area contributed by atoms with Gasteiger partial charge in [0.05, 0.1) is 6.04 Å². The number of piperidine rings is 1. The third-order valence-corrected chi connectivity index (χ3v) is 4.60. The molecule has 2 rings (SSSR count). The third kappa shape index (κ3) is 3.69. The fraction of sp³-hybridized carbons (Fsp3) is 0.933. The van der Waals surface area contributed by atoms with Crippen molar-refractivity contribution >= 4 is 5.91 Å². The van der Waals surface area contributed by atoms with E-state index in [1.165, 1.54) is 19.3 Å². The van der Waals surface area contributed by atoms with Crippen molar-refractivity contribution in [2.45, 2.75) is 64.1 Å². The van der Waals surface area contributed by atoms with Crippen LogP contribution in [0.3, 0.4) is 0 Å². The Morgan fingerprint density at radius 3 is 2.53 bits per heavy atom. The van der Waals surface area contributed by atoms with Crippen molar-refractivity contribution in [2.24, 2.45) is 11.7 Å². The molecule has 1 aliphatic carbocycles. The first-order valence-corrected chi connectivity index (χ1v) is 7.77. The number of rotatable bonds is 5. The van der Waals surface area contributed by atoms with Crippen LogP contribution in [0.25, 0.3) is 0 Å². The Labute approximate surface area is 117 Å². The molecule has 110 valence electrons. The van der Waals surface area contributed by atoms with Crippen molar-refractivity contribution in [2.75, 3.05) is 20.1 Å². The molecule has 2 aliphatic rings. The summed E-state index contributed by atoms with van der Waals surface area (Å²) < 4.78 is 0. The third-order valence-electron chi connectivity index (χ3n) is 4.60. The van der Waals surface area contributed by atoms with Crippen molar-refractivity contribution in [3.05, 3.63) is 0 Å². The molecule has 2 atom stereocenters. The lowest BCUT2D eigenvalue weighted by molar-refractivity contribution is -0.135. The molecule has 0 spiro atoms. The maximum Gasteiger partial charge on any atom is 0.240 e. The Morgan fingerprint density at radius 2 is 2.00 bits per heavy atom. The van der Waals surface area contributed by atoms with Gasteiger partial charge < -0.3 is 15.5 Å². The minimum atomic E-state index is -0.338. The summed E-state index contributed by atoms with van der Waals surface area (Å²) >= 11 is 0. The Hall–Kier alpha value is -0.610. The van der Waals surface area contributed by atoms with Gasteiger partial charge in [-0.15, -0.1) is 0 Å². The molecule has 19 heavy (non-hydrogen) atoms. The van der Waals surface area contributed by atoms with Crippen molar-refractivity contribution in [3.8, 4) is 0 Å². The molecule has 4 nitrogen and oxygen atoms in total. The molecule has 0 aromatic carbocycles. The number of carbonyl (C=O) groups excluding carboxylic acids is 1. The predicted octanol–water partition coefficient (Wildman–Crippen LogP) is 1.45. The summed E-state index contributed by atoms with van der Waals surface area (Å²) in [6.45, 7) is 6.09. The van der Waals surface area contributed by atoms with Crippen molar-refractivity contribution in [1.29, 1.82) is 0 Å². The summed E-state index contributed by atoms with van der Waals surface area (Å²) in [5, 5.41) is 0. The van der Waals surface area contributed by atoms with Crippen LogP contribution in [0.5, 0.6) is 0 Å². The van der Waals surface area contributed by atoms with Crippen LogP contribution < -0.4 is 5.73 Å². The van der Waals surface area contributed by atoms with E-state index in [1.807, 2.05) is 13.8 Å². The number of amides is 1. The molecule has 0 radical (unpaired) electrons. The molecule has 0 aromatic rings. The normalized spacial score (nSPS) is 26.5. The van der Waals surface area contributed by atoms with Crippen LogP contribution in [0.2, 0.25) is 0 Å². The molecule has 1 heterocycles. The standard InChI is InChI=1S/C15H29N3O/c1-11(2)14(16)15(19)18(12-7-8-12)10-13-6-4-5-9-17(13)3/h11-14H,4-10,16H2,1-3H3/t13-,14+/m1/s1. The van der Waals surface area contributed by atoms with Crippen LogP contribution in [0, 0.1) is 5.92 Å². The van der Waals surface area contributed by atoms with Crippen LogP contribution in [0.15, 0.2) is 0 Å². The lowest BCUT2D eigenvalue weighted by Crippen LogP contribution is -2.52. The van der Waals surface area contributed by atoms with E-state index in [9.17, 15) is 4.79 Å². The summed E-state index contributed by atoms with van der Waals surface area (Å²) in [5.74, 6) is 0.384. The molecule has 1 amide bonds. The number of likely N-dealkylation sites (N-methyl/N-ethyl adjacent to an activating group) is 1. The van der Waals surface area contributed by atoms with Crippen LogP contribution in [0.4, 0.5) is 0 Å². The summed E-state index contributed by atoms with van der Waals surface area (Å²) in [5.41, 5.74) is 6.06. The van der Waals surface area contributed by atoms with Gasteiger partial charge in [0, 0.05) is 18.6 Å². The van der Waals surface area contributed by atoms with Gasteiger partial charge in [-0.1, -0.05) is 20.3 Å². The van der Waals surface area contributed by atoms with Crippen molar-refractivity contribution in [3.63, 3.8) is 0 Å². The minimum Gasteiger partial charge on any atom is -0.337 e. The monoisotopic (exact) mass is 267 g/mol. The van der Waals surface area contributed by atoms with E-state index >= 15 is 0 Å². The summed E-state index contributed by atoms with van der Waals surface area (Å²) in [7, 11) is 2.18. The number of hydrogen-bond acceptors (Lipinski definition) is 3. The first-order valence-electron chi connectivity index (χ1n) is 7.77. The second-order valence-corrected chi connectivity index (χ2v) is 6.62. The molecular formula is C15H29N3O. The fourth-order valence-electron chi connectivity index (χ4n) is 2.88. The lowest BCUT2D eigenvalue weighted by Gasteiger charge is -2.37. The minimum absolute atomic E-state index is 0.163. The van der Waals surface area contributed by atoms with Gasteiger partial charge in [0.1, 0.15) is 0 Å². The largest absolute Gasteiger partial charge is 0.337 e. The second kappa shape index (κ2) is 6.23. The molecule has 0 bridgehead atoms. The smallest absolute Gasteiger partial charge is 0.240 e. The SMILES string of the molecule is CC(C)[C@H](N)C(=O)N(C[C@H]1CCCCN1C)C1CC1. The Bertz CT molecular complexity index is 315. The van der Waals surface area contributed by atoms with E-state index in [-0.39, 0.29) is 17.9 Å². The molecule has 2 N–H and O–H groups in total. The Balaban J connectivity index is 1.97. The first-order chi connectivity index (χ1) is 9.00. The average molecular weight is 267 g/mol. The number of carbonyl (C=O) groups is 1. The van der Waals surface area contributed by atoms with Gasteiger partial charge in [-0.05, 0) is 45.2 Å². The van der Waals surface area contributed by atoms with Crippen molar-refractivity contribution < 1.29 is 4.79 Å². The molecular weight excluding hydrogens is 238 g/mol. The molecule has 2 fully saturated rings. The topological polar surface area (TPSA) is 49.6 Å². The van der Waals surface area contributed by atoms with Gasteiger partial charge in [0.2, 0.25) is 5.91 Å². The van der Waals surface area contributed by atoms with Crippen LogP contribution in [-0.4, -0.2) is 54.0 Å². The average Bonchev–Trinajstić information content (AvgIpc) is 3.20. The van der Waals surface area contributed by atoms with Gasteiger partial charge >= 0.3 is 0 Å². The zero-order chi connectivity index (χ0) is 14.0. The van der Waals surface area contributed by atoms with Gasteiger partial charge in [-0.3, -0.25) is 4.79 Å². The van der Waals surface area contributed by atoms with E-state index in [0.717, 1.165) is 25.9 Å². The van der Waals surface area contributed by atoms with Gasteiger partial charge in [-0.2, -0.15) is 0 Å². The zero-order valence-corrected chi connectivity index (χ0v) is 12.6. The highest BCUT2D eigenvalue weighted by Crippen LogP contribution is 2.29. The number of hydrogen-bond donors (Lipinski definition) is 1. The van der Waals surface area contributed by atoms with Crippen LogP contribution in [0.1, 0.15) is 46.0 Å². The van der Waals surface area contributed by atoms with E-state index < -0.39 is 0 Å². The highest BCUT2D eigenvalue weighted by molar-refractivity contribution is 5.82. The molecule has 1 saturated carbocycles. The number of likely N-dealkylation sites (tertiary alicyclic amines) is 1. The predicted molar refractivity (Wildman–Crippen MR) is 77.8 cm³/mol. The second-order valence-electron chi connectivity index (χ2n) is 6.62. The summed E-state index contributed by atoms with van der Waals surface area (Å²) in [4.78, 5) is 17.0. The van der Waals surface area contributed by atoms with E-state index in [4.69, 9.17) is 5.73 Å². The molecule has 1 aliphatic heterocycles. The van der Waals surface area contributed by atoms with Crippen LogP contribution in [-0.2, 0) is 4.79 Å². The number of nitrogens with two attached hydrogens (primary N) is 1. The quantitative estimate of drug-likeness (QED) is 0.820. The Morgan fingerprint density at radius 1 is 1.32 bits per heavy atom. The maximum atomic E-state index is 12.5. The van der Waals surface area contributed by atoms with Crippen molar-refractivity contribution in [1.82, 2.24) is 9.80 Å². The molecule has 0 unspecified atom stereocenters. The maximum absolute atomic E-state index is 12.5. The molecule has 0 aromatic heterocycles. The van der Waals surface area contributed by atoms with Gasteiger partial charge in [0.25, 0.3) is 0 Å². The van der Waals surface area contributed by atoms with Gasteiger partial charge in [0.15, 0.2) is 0 Å². The first kappa shape index (κ1) is 14.8.